The van der Waals surface area contributed by atoms with Gasteiger partial charge in [-0.1, -0.05) is 19.3 Å². The van der Waals surface area contributed by atoms with Crippen LogP contribution in [-0.2, 0) is 0 Å². The zero-order chi connectivity index (χ0) is 13.4. The van der Waals surface area contributed by atoms with E-state index in [1.54, 1.807) is 0 Å². The first-order valence-electron chi connectivity index (χ1n) is 7.01. The first kappa shape index (κ1) is 13.0. The quantitative estimate of drug-likeness (QED) is 0.825. The monoisotopic (exact) mass is 321 g/mol. The van der Waals surface area contributed by atoms with E-state index in [-0.39, 0.29) is 0 Å². The molecule has 4 heteroatoms. The molecule has 0 aliphatic heterocycles. The van der Waals surface area contributed by atoms with Gasteiger partial charge in [-0.15, -0.1) is 0 Å². The van der Waals surface area contributed by atoms with Gasteiger partial charge >= 0.3 is 0 Å². The summed E-state index contributed by atoms with van der Waals surface area (Å²) in [6.07, 6.45) is 8.81. The largest absolute Gasteiger partial charge is 0.376 e. The lowest BCUT2D eigenvalue weighted by molar-refractivity contribution is 0.427. The van der Waals surface area contributed by atoms with Crippen LogP contribution in [0, 0.1) is 0 Å². The van der Waals surface area contributed by atoms with Gasteiger partial charge in [0, 0.05) is 26.2 Å². The summed E-state index contributed by atoms with van der Waals surface area (Å²) in [4.78, 5) is 6.91. The molecule has 1 aliphatic carbocycles. The third kappa shape index (κ3) is 2.38. The summed E-state index contributed by atoms with van der Waals surface area (Å²) >= 11 is 3.60. The van der Waals surface area contributed by atoms with Crippen LogP contribution >= 0.6 is 15.9 Å². The summed E-state index contributed by atoms with van der Waals surface area (Å²) in [5, 5.41) is 0. The van der Waals surface area contributed by atoms with Crippen LogP contribution in [0.25, 0.3) is 5.52 Å². The molecule has 102 valence electrons. The molecule has 0 saturated heterocycles. The summed E-state index contributed by atoms with van der Waals surface area (Å²) in [6.45, 7) is 0. The lowest BCUT2D eigenvalue weighted by Crippen LogP contribution is -2.11. The van der Waals surface area contributed by atoms with E-state index < -0.39 is 0 Å². The van der Waals surface area contributed by atoms with Crippen LogP contribution in [0.4, 0.5) is 5.69 Å². The average Bonchev–Trinajstić information content (AvgIpc) is 2.77. The molecule has 1 fully saturated rings. The second-order valence-corrected chi connectivity index (χ2v) is 6.38. The molecule has 3 nitrogen and oxygen atoms in total. The minimum Gasteiger partial charge on any atom is -0.376 e. The molecule has 0 unspecified atom stereocenters. The van der Waals surface area contributed by atoms with E-state index in [4.69, 9.17) is 4.98 Å². The number of hydrogen-bond donors (Lipinski definition) is 0. The molecule has 3 rings (SSSR count). The highest BCUT2D eigenvalue weighted by Crippen LogP contribution is 2.34. The molecule has 2 aromatic heterocycles. The molecule has 0 bridgehead atoms. The summed E-state index contributed by atoms with van der Waals surface area (Å²) in [7, 11) is 4.15. The molecule has 19 heavy (non-hydrogen) atoms. The van der Waals surface area contributed by atoms with Crippen molar-refractivity contribution in [2.24, 2.45) is 0 Å². The average molecular weight is 322 g/mol. The van der Waals surface area contributed by atoms with Crippen LogP contribution in [0.3, 0.4) is 0 Å². The van der Waals surface area contributed by atoms with Crippen LogP contribution in [-0.4, -0.2) is 23.5 Å². The third-order valence-corrected chi connectivity index (χ3v) is 4.67. The van der Waals surface area contributed by atoms with E-state index in [0.717, 1.165) is 4.60 Å². The van der Waals surface area contributed by atoms with Gasteiger partial charge in [-0.2, -0.15) is 0 Å². The molecule has 2 heterocycles. The summed E-state index contributed by atoms with van der Waals surface area (Å²) in [5.74, 6) is 1.84. The molecule has 2 aromatic rings. The smallest absolute Gasteiger partial charge is 0.132 e. The van der Waals surface area contributed by atoms with Gasteiger partial charge in [0.1, 0.15) is 10.4 Å². The van der Waals surface area contributed by atoms with Gasteiger partial charge < -0.3 is 9.30 Å². The SMILES string of the molecule is CN(C)c1ccc2c(Br)nc(C3CCCCC3)n2c1. The fourth-order valence-corrected chi connectivity index (χ4v) is 3.48. The standard InChI is InChI=1S/C15H20BrN3/c1-18(2)12-8-9-13-14(16)17-15(19(13)10-12)11-6-4-3-5-7-11/h8-11H,3-7H2,1-2H3. The molecule has 0 spiro atoms. The van der Waals surface area contributed by atoms with Crippen LogP contribution in [0.2, 0.25) is 0 Å². The Morgan fingerprint density at radius 1 is 1.21 bits per heavy atom. The number of hydrogen-bond acceptors (Lipinski definition) is 2. The van der Waals surface area contributed by atoms with Gasteiger partial charge in [0.25, 0.3) is 0 Å². The van der Waals surface area contributed by atoms with E-state index >= 15 is 0 Å². The maximum Gasteiger partial charge on any atom is 0.132 e. The van der Waals surface area contributed by atoms with E-state index in [2.05, 4.69) is 57.7 Å². The molecule has 0 radical (unpaired) electrons. The second kappa shape index (κ2) is 5.16. The number of halogens is 1. The highest BCUT2D eigenvalue weighted by molar-refractivity contribution is 9.10. The van der Waals surface area contributed by atoms with Crippen LogP contribution < -0.4 is 4.90 Å². The van der Waals surface area contributed by atoms with E-state index in [0.29, 0.717) is 5.92 Å². The van der Waals surface area contributed by atoms with Gasteiger partial charge in [-0.3, -0.25) is 0 Å². The van der Waals surface area contributed by atoms with Gasteiger partial charge in [-0.05, 0) is 40.9 Å². The molecule has 1 saturated carbocycles. The van der Waals surface area contributed by atoms with Crippen molar-refractivity contribution < 1.29 is 0 Å². The minimum absolute atomic E-state index is 0.616. The maximum atomic E-state index is 4.77. The molecule has 0 N–H and O–H groups in total. The van der Waals surface area contributed by atoms with Gasteiger partial charge in [-0.25, -0.2) is 4.98 Å². The maximum absolute atomic E-state index is 4.77. The van der Waals surface area contributed by atoms with Crippen molar-refractivity contribution in [2.75, 3.05) is 19.0 Å². The molecule has 0 atom stereocenters. The fraction of sp³-hybridized carbons (Fsp3) is 0.533. The predicted octanol–water partition coefficient (Wildman–Crippen LogP) is 4.21. The van der Waals surface area contributed by atoms with Crippen LogP contribution in [0.1, 0.15) is 43.8 Å². The Morgan fingerprint density at radius 3 is 2.63 bits per heavy atom. The Hall–Kier alpha value is -1.03. The van der Waals surface area contributed by atoms with Crippen molar-refractivity contribution in [1.82, 2.24) is 9.38 Å². The van der Waals surface area contributed by atoms with Crippen molar-refractivity contribution in [2.45, 2.75) is 38.0 Å². The highest BCUT2D eigenvalue weighted by Gasteiger charge is 2.21. The number of aromatic nitrogens is 2. The Labute approximate surface area is 122 Å². The second-order valence-electron chi connectivity index (χ2n) is 5.63. The number of anilines is 1. The summed E-state index contributed by atoms with van der Waals surface area (Å²) < 4.78 is 3.24. The van der Waals surface area contributed by atoms with Crippen LogP contribution in [0.5, 0.6) is 0 Å². The van der Waals surface area contributed by atoms with E-state index in [9.17, 15) is 0 Å². The number of imidazole rings is 1. The first-order valence-corrected chi connectivity index (χ1v) is 7.81. The molecule has 1 aliphatic rings. The molecular weight excluding hydrogens is 302 g/mol. The Balaban J connectivity index is 2.09. The number of pyridine rings is 1. The fourth-order valence-electron chi connectivity index (χ4n) is 2.97. The number of nitrogens with zero attached hydrogens (tertiary/aromatic N) is 3. The Kier molecular flexibility index (Phi) is 3.52. The Bertz CT molecular complexity index is 582. The van der Waals surface area contributed by atoms with Crippen molar-refractivity contribution in [1.29, 1.82) is 0 Å². The molecule has 0 amide bonds. The molecule has 0 aromatic carbocycles. The lowest BCUT2D eigenvalue weighted by atomic mass is 9.89. The van der Waals surface area contributed by atoms with Crippen molar-refractivity contribution in [3.8, 4) is 0 Å². The normalized spacial score (nSPS) is 17.0. The van der Waals surface area contributed by atoms with E-state index in [1.807, 2.05) is 0 Å². The summed E-state index contributed by atoms with van der Waals surface area (Å²) in [6, 6.07) is 4.30. The van der Waals surface area contributed by atoms with Gasteiger partial charge in [0.05, 0.1) is 11.2 Å². The van der Waals surface area contributed by atoms with Crippen molar-refractivity contribution >= 4 is 27.1 Å². The summed E-state index contributed by atoms with van der Waals surface area (Å²) in [5.41, 5.74) is 2.39. The zero-order valence-electron chi connectivity index (χ0n) is 11.6. The Morgan fingerprint density at radius 2 is 1.95 bits per heavy atom. The zero-order valence-corrected chi connectivity index (χ0v) is 13.2. The highest BCUT2D eigenvalue weighted by atomic mass is 79.9. The van der Waals surface area contributed by atoms with Crippen molar-refractivity contribution in [3.63, 3.8) is 0 Å². The lowest BCUT2D eigenvalue weighted by Gasteiger charge is -2.21. The minimum atomic E-state index is 0.616. The number of fused-ring (bicyclic) bond motifs is 1. The van der Waals surface area contributed by atoms with Crippen molar-refractivity contribution in [3.05, 3.63) is 28.8 Å². The first-order chi connectivity index (χ1) is 9.16. The van der Waals surface area contributed by atoms with Gasteiger partial charge in [0.2, 0.25) is 0 Å². The van der Waals surface area contributed by atoms with Gasteiger partial charge in [0.15, 0.2) is 0 Å². The predicted molar refractivity (Wildman–Crippen MR) is 83.0 cm³/mol. The van der Waals surface area contributed by atoms with Crippen LogP contribution in [0.15, 0.2) is 22.9 Å². The topological polar surface area (TPSA) is 20.5 Å². The number of rotatable bonds is 2. The third-order valence-electron chi connectivity index (χ3n) is 4.09. The van der Waals surface area contributed by atoms with E-state index in [1.165, 1.54) is 49.1 Å². The molecular formula is C15H20BrN3.